The molecular formula is C17H20FNO4S. The predicted octanol–water partition coefficient (Wildman–Crippen LogP) is 3.51. The fraction of sp³-hybridized carbons (Fsp3) is 0.294. The number of carbonyl (C=O) groups excluding carboxylic acids is 2. The standard InChI is InChI=1S/C17H20FNO4S/c1-11(18)6-5-9-17(2,16(21)23-4)24-14-8-7-12(10-13(14)19)15(20)22-3/h5-10H,19H2,1-4H3/b9-5-,11-6+. The summed E-state index contributed by atoms with van der Waals surface area (Å²) in [5.74, 6) is -1.40. The molecule has 2 N–H and O–H groups in total. The molecular weight excluding hydrogens is 333 g/mol. The topological polar surface area (TPSA) is 78.6 Å². The van der Waals surface area contributed by atoms with E-state index in [4.69, 9.17) is 10.5 Å². The van der Waals surface area contributed by atoms with Crippen LogP contribution >= 0.6 is 11.8 Å². The van der Waals surface area contributed by atoms with Gasteiger partial charge in [0.2, 0.25) is 0 Å². The van der Waals surface area contributed by atoms with E-state index in [1.54, 1.807) is 19.1 Å². The molecule has 1 aromatic rings. The van der Waals surface area contributed by atoms with E-state index in [-0.39, 0.29) is 5.83 Å². The summed E-state index contributed by atoms with van der Waals surface area (Å²) in [6.45, 7) is 2.94. The molecule has 5 nitrogen and oxygen atoms in total. The molecule has 0 saturated carbocycles. The van der Waals surface area contributed by atoms with Gasteiger partial charge in [-0.25, -0.2) is 9.18 Å². The Kier molecular flexibility index (Phi) is 7.03. The van der Waals surface area contributed by atoms with Crippen LogP contribution in [0, 0.1) is 0 Å². The van der Waals surface area contributed by atoms with Crippen molar-refractivity contribution >= 4 is 29.4 Å². The summed E-state index contributed by atoms with van der Waals surface area (Å²) in [5.41, 5.74) is 6.60. The van der Waals surface area contributed by atoms with Crippen LogP contribution in [-0.2, 0) is 14.3 Å². The monoisotopic (exact) mass is 353 g/mol. The molecule has 0 radical (unpaired) electrons. The van der Waals surface area contributed by atoms with Crippen molar-refractivity contribution in [3.8, 4) is 0 Å². The Morgan fingerprint density at radius 1 is 1.29 bits per heavy atom. The van der Waals surface area contributed by atoms with Crippen molar-refractivity contribution in [2.24, 2.45) is 0 Å². The van der Waals surface area contributed by atoms with Gasteiger partial charge >= 0.3 is 11.9 Å². The van der Waals surface area contributed by atoms with Crippen LogP contribution in [0.3, 0.4) is 0 Å². The minimum absolute atomic E-state index is 0.311. The van der Waals surface area contributed by atoms with Gasteiger partial charge in [-0.05, 0) is 38.1 Å². The zero-order chi connectivity index (χ0) is 18.3. The molecule has 0 spiro atoms. The predicted molar refractivity (Wildman–Crippen MR) is 92.5 cm³/mol. The number of nitrogen functional groups attached to an aromatic ring is 1. The maximum absolute atomic E-state index is 12.8. The van der Waals surface area contributed by atoms with Crippen LogP contribution in [0.25, 0.3) is 0 Å². The van der Waals surface area contributed by atoms with Gasteiger partial charge in [0.15, 0.2) is 0 Å². The highest BCUT2D eigenvalue weighted by Crippen LogP contribution is 2.38. The number of nitrogens with two attached hydrogens (primary N) is 1. The second-order valence-corrected chi connectivity index (χ2v) is 6.55. The number of carbonyl (C=O) groups is 2. The Morgan fingerprint density at radius 2 is 1.96 bits per heavy atom. The Labute approximate surface area is 144 Å². The maximum atomic E-state index is 12.8. The highest BCUT2D eigenvalue weighted by atomic mass is 32.2. The second-order valence-electron chi connectivity index (χ2n) is 5.06. The van der Waals surface area contributed by atoms with E-state index in [2.05, 4.69) is 4.74 Å². The quantitative estimate of drug-likeness (QED) is 0.365. The molecule has 7 heteroatoms. The summed E-state index contributed by atoms with van der Waals surface area (Å²) in [6.07, 6.45) is 4.21. The van der Waals surface area contributed by atoms with Crippen molar-refractivity contribution in [3.05, 3.63) is 47.8 Å². The van der Waals surface area contributed by atoms with Crippen molar-refractivity contribution in [1.82, 2.24) is 0 Å². The van der Waals surface area contributed by atoms with Gasteiger partial charge in [0, 0.05) is 10.6 Å². The molecule has 0 aliphatic rings. The van der Waals surface area contributed by atoms with Crippen LogP contribution in [0.4, 0.5) is 10.1 Å². The number of halogens is 1. The van der Waals surface area contributed by atoms with Crippen LogP contribution < -0.4 is 5.73 Å². The van der Waals surface area contributed by atoms with Crippen LogP contribution in [0.5, 0.6) is 0 Å². The molecule has 1 atom stereocenters. The third-order valence-electron chi connectivity index (χ3n) is 3.08. The zero-order valence-electron chi connectivity index (χ0n) is 14.0. The zero-order valence-corrected chi connectivity index (χ0v) is 14.8. The maximum Gasteiger partial charge on any atom is 0.337 e. The van der Waals surface area contributed by atoms with Crippen molar-refractivity contribution in [2.45, 2.75) is 23.5 Å². The van der Waals surface area contributed by atoms with Gasteiger partial charge < -0.3 is 15.2 Å². The van der Waals surface area contributed by atoms with Gasteiger partial charge in [0.1, 0.15) is 4.75 Å². The number of methoxy groups -OCH3 is 2. The number of allylic oxidation sites excluding steroid dienone is 3. The van der Waals surface area contributed by atoms with E-state index >= 15 is 0 Å². The molecule has 0 aliphatic carbocycles. The molecule has 0 amide bonds. The first kappa shape index (κ1) is 19.8. The van der Waals surface area contributed by atoms with Crippen molar-refractivity contribution in [2.75, 3.05) is 20.0 Å². The molecule has 0 aliphatic heterocycles. The van der Waals surface area contributed by atoms with Gasteiger partial charge in [-0.2, -0.15) is 0 Å². The minimum atomic E-state index is -1.11. The van der Waals surface area contributed by atoms with Gasteiger partial charge in [-0.15, -0.1) is 11.8 Å². The highest BCUT2D eigenvalue weighted by Gasteiger charge is 2.33. The SMILES string of the molecule is COC(=O)c1ccc(SC(C)(/C=C\C=C(/C)F)C(=O)OC)c(N)c1. The fourth-order valence-electron chi connectivity index (χ4n) is 1.83. The summed E-state index contributed by atoms with van der Waals surface area (Å²) in [7, 11) is 2.55. The molecule has 1 rings (SSSR count). The van der Waals surface area contributed by atoms with Crippen LogP contribution in [0.2, 0.25) is 0 Å². The third kappa shape index (κ3) is 5.13. The Balaban J connectivity index is 3.15. The molecule has 0 heterocycles. The summed E-state index contributed by atoms with van der Waals surface area (Å²) in [5, 5.41) is 0. The highest BCUT2D eigenvalue weighted by molar-refractivity contribution is 8.01. The fourth-order valence-corrected chi connectivity index (χ4v) is 2.91. The van der Waals surface area contributed by atoms with E-state index < -0.39 is 16.7 Å². The molecule has 0 bridgehead atoms. The van der Waals surface area contributed by atoms with Gasteiger partial charge in [-0.3, -0.25) is 4.79 Å². The number of anilines is 1. The number of thioether (sulfide) groups is 1. The van der Waals surface area contributed by atoms with E-state index in [9.17, 15) is 14.0 Å². The lowest BCUT2D eigenvalue weighted by atomic mass is 10.1. The third-order valence-corrected chi connectivity index (χ3v) is 4.40. The van der Waals surface area contributed by atoms with Gasteiger partial charge in [0.05, 0.1) is 25.6 Å². The number of ether oxygens (including phenoxy) is 2. The van der Waals surface area contributed by atoms with Crippen molar-refractivity contribution in [3.63, 3.8) is 0 Å². The normalized spacial score (nSPS) is 14.3. The van der Waals surface area contributed by atoms with Crippen LogP contribution in [0.1, 0.15) is 24.2 Å². The Bertz CT molecular complexity index is 683. The lowest BCUT2D eigenvalue weighted by Crippen LogP contribution is -2.30. The summed E-state index contributed by atoms with van der Waals surface area (Å²) in [4.78, 5) is 24.2. The van der Waals surface area contributed by atoms with E-state index in [1.165, 1.54) is 45.4 Å². The molecule has 0 aromatic heterocycles. The molecule has 0 fully saturated rings. The van der Waals surface area contributed by atoms with Crippen molar-refractivity contribution in [1.29, 1.82) is 0 Å². The summed E-state index contributed by atoms with van der Waals surface area (Å²) in [6, 6.07) is 4.65. The lowest BCUT2D eigenvalue weighted by molar-refractivity contribution is -0.141. The van der Waals surface area contributed by atoms with Crippen molar-refractivity contribution < 1.29 is 23.5 Å². The van der Waals surface area contributed by atoms with E-state index in [1.807, 2.05) is 0 Å². The number of hydrogen-bond acceptors (Lipinski definition) is 6. The van der Waals surface area contributed by atoms with Crippen LogP contribution in [-0.4, -0.2) is 30.9 Å². The number of benzene rings is 1. The largest absolute Gasteiger partial charge is 0.468 e. The molecule has 1 aromatic carbocycles. The molecule has 130 valence electrons. The summed E-state index contributed by atoms with van der Waals surface area (Å²) < 4.78 is 21.2. The molecule has 0 saturated heterocycles. The van der Waals surface area contributed by atoms with E-state index in [0.717, 1.165) is 11.8 Å². The first-order valence-corrected chi connectivity index (χ1v) is 7.82. The first-order valence-electron chi connectivity index (χ1n) is 7.00. The number of esters is 2. The Morgan fingerprint density at radius 3 is 2.46 bits per heavy atom. The number of hydrogen-bond donors (Lipinski definition) is 1. The lowest BCUT2D eigenvalue weighted by Gasteiger charge is -2.23. The first-order chi connectivity index (χ1) is 11.2. The smallest absolute Gasteiger partial charge is 0.337 e. The van der Waals surface area contributed by atoms with E-state index in [0.29, 0.717) is 16.1 Å². The van der Waals surface area contributed by atoms with Crippen LogP contribution in [0.15, 0.2) is 47.1 Å². The second kappa shape index (κ2) is 8.54. The Hall–Kier alpha value is -2.28. The molecule has 1 unspecified atom stereocenters. The minimum Gasteiger partial charge on any atom is -0.468 e. The van der Waals surface area contributed by atoms with Gasteiger partial charge in [0.25, 0.3) is 0 Å². The average Bonchev–Trinajstić information content (AvgIpc) is 2.54. The molecule has 24 heavy (non-hydrogen) atoms. The van der Waals surface area contributed by atoms with Gasteiger partial charge in [-0.1, -0.05) is 12.2 Å². The summed E-state index contributed by atoms with van der Waals surface area (Å²) >= 11 is 1.14. The number of rotatable bonds is 6. The average molecular weight is 353 g/mol.